The van der Waals surface area contributed by atoms with Crippen molar-refractivity contribution in [3.63, 3.8) is 0 Å². The molecule has 2 heterocycles. The molecule has 28 heavy (non-hydrogen) atoms. The molecule has 1 aromatic heterocycles. The highest BCUT2D eigenvalue weighted by atomic mass is 16.5. The van der Waals surface area contributed by atoms with Gasteiger partial charge in [-0.25, -0.2) is 4.79 Å². The Labute approximate surface area is 163 Å². The summed E-state index contributed by atoms with van der Waals surface area (Å²) >= 11 is 0. The zero-order chi connectivity index (χ0) is 19.3. The Morgan fingerprint density at radius 3 is 2.25 bits per heavy atom. The van der Waals surface area contributed by atoms with Crippen LogP contribution in [0.5, 0.6) is 5.75 Å². The van der Waals surface area contributed by atoms with E-state index in [1.54, 1.807) is 7.11 Å². The summed E-state index contributed by atoms with van der Waals surface area (Å²) in [4.78, 5) is 15.5. The Balaban J connectivity index is 1.77. The molecular formula is C24H20N2O2. The van der Waals surface area contributed by atoms with Crippen LogP contribution in [-0.4, -0.2) is 17.7 Å². The second-order valence-corrected chi connectivity index (χ2v) is 7.03. The number of nitrogens with zero attached hydrogens (tertiary/aromatic N) is 2. The molecular weight excluding hydrogens is 348 g/mol. The second kappa shape index (κ2) is 6.27. The Morgan fingerprint density at radius 1 is 0.857 bits per heavy atom. The van der Waals surface area contributed by atoms with E-state index in [4.69, 9.17) is 4.74 Å². The zero-order valence-corrected chi connectivity index (χ0v) is 15.8. The van der Waals surface area contributed by atoms with Gasteiger partial charge in [-0.05, 0) is 48.4 Å². The number of ether oxygens (including phenoxy) is 1. The largest absolute Gasteiger partial charge is 0.497 e. The Kier molecular flexibility index (Phi) is 3.72. The number of anilines is 1. The number of rotatable bonds is 3. The van der Waals surface area contributed by atoms with E-state index in [9.17, 15) is 4.79 Å². The maximum atomic E-state index is 13.6. The van der Waals surface area contributed by atoms with Crippen LogP contribution in [-0.2, 0) is 0 Å². The molecule has 1 aliphatic rings. The maximum Gasteiger partial charge on any atom is 0.334 e. The van der Waals surface area contributed by atoms with E-state index in [1.807, 2.05) is 70.1 Å². The van der Waals surface area contributed by atoms with E-state index in [0.29, 0.717) is 0 Å². The molecule has 0 radical (unpaired) electrons. The lowest BCUT2D eigenvalue weighted by Crippen LogP contribution is -2.30. The predicted molar refractivity (Wildman–Crippen MR) is 111 cm³/mol. The maximum absolute atomic E-state index is 13.6. The van der Waals surface area contributed by atoms with Crippen molar-refractivity contribution in [2.24, 2.45) is 0 Å². The number of fused-ring (bicyclic) bond motifs is 3. The lowest BCUT2D eigenvalue weighted by molar-refractivity contribution is 0.251. The van der Waals surface area contributed by atoms with Gasteiger partial charge in [-0.3, -0.25) is 9.47 Å². The minimum atomic E-state index is -0.172. The molecule has 0 saturated heterocycles. The average Bonchev–Trinajstić information content (AvgIpc) is 3.22. The number of para-hydroxylation sites is 1. The number of aromatic nitrogens is 1. The highest BCUT2D eigenvalue weighted by Gasteiger charge is 2.41. The van der Waals surface area contributed by atoms with Crippen molar-refractivity contribution in [3.8, 4) is 5.75 Å². The van der Waals surface area contributed by atoms with Gasteiger partial charge in [0.05, 0.1) is 18.3 Å². The molecule has 1 amide bonds. The number of hydrogen-bond donors (Lipinski definition) is 0. The standard InChI is InChI=1S/C24H20N2O2/c1-16-20-10-6-7-11-21(20)26-22(16)23(17-8-4-3-5-9-17)25(24(26)27)18-12-14-19(28-2)15-13-18/h3-15,23H,1-2H3. The van der Waals surface area contributed by atoms with Gasteiger partial charge in [0.15, 0.2) is 0 Å². The Hall–Kier alpha value is -3.53. The molecule has 0 aliphatic carbocycles. The van der Waals surface area contributed by atoms with Gasteiger partial charge in [0.25, 0.3) is 0 Å². The molecule has 4 nitrogen and oxygen atoms in total. The number of carbonyl (C=O) groups is 1. The molecule has 0 N–H and O–H groups in total. The summed E-state index contributed by atoms with van der Waals surface area (Å²) in [6, 6.07) is 25.8. The quantitative estimate of drug-likeness (QED) is 0.476. The smallest absolute Gasteiger partial charge is 0.334 e. The van der Waals surface area contributed by atoms with E-state index in [2.05, 4.69) is 25.1 Å². The van der Waals surface area contributed by atoms with Crippen molar-refractivity contribution in [1.82, 2.24) is 4.57 Å². The monoisotopic (exact) mass is 368 g/mol. The van der Waals surface area contributed by atoms with Crippen molar-refractivity contribution in [3.05, 3.63) is 95.7 Å². The molecule has 1 atom stereocenters. The first kappa shape index (κ1) is 16.6. The number of benzene rings is 3. The summed E-state index contributed by atoms with van der Waals surface area (Å²) < 4.78 is 7.15. The summed E-state index contributed by atoms with van der Waals surface area (Å²) in [5, 5.41) is 1.13. The normalized spacial score (nSPS) is 15.9. The highest BCUT2D eigenvalue weighted by molar-refractivity contribution is 6.06. The van der Waals surface area contributed by atoms with Crippen molar-refractivity contribution in [2.45, 2.75) is 13.0 Å². The molecule has 4 aromatic rings. The Bertz CT molecular complexity index is 1180. The third kappa shape index (κ3) is 2.28. The molecule has 5 rings (SSSR count). The summed E-state index contributed by atoms with van der Waals surface area (Å²) in [7, 11) is 1.64. The minimum absolute atomic E-state index is 0.0293. The van der Waals surface area contributed by atoms with Crippen LogP contribution in [0.3, 0.4) is 0 Å². The van der Waals surface area contributed by atoms with Crippen LogP contribution in [0.25, 0.3) is 10.9 Å². The number of hydrogen-bond acceptors (Lipinski definition) is 2. The van der Waals surface area contributed by atoms with Crippen LogP contribution in [0, 0.1) is 6.92 Å². The number of amides is 1. The third-order valence-corrected chi connectivity index (χ3v) is 5.55. The summed E-state index contributed by atoms with van der Waals surface area (Å²) in [6.45, 7) is 2.11. The van der Waals surface area contributed by atoms with Gasteiger partial charge in [-0.15, -0.1) is 0 Å². The molecule has 0 fully saturated rings. The van der Waals surface area contributed by atoms with Gasteiger partial charge in [0, 0.05) is 11.1 Å². The van der Waals surface area contributed by atoms with Crippen LogP contribution in [0.4, 0.5) is 10.5 Å². The fourth-order valence-corrected chi connectivity index (χ4v) is 4.24. The fraction of sp³-hybridized carbons (Fsp3) is 0.125. The molecule has 0 bridgehead atoms. The molecule has 1 unspecified atom stereocenters. The summed E-state index contributed by atoms with van der Waals surface area (Å²) in [6.07, 6.45) is 0. The van der Waals surface area contributed by atoms with Crippen molar-refractivity contribution < 1.29 is 9.53 Å². The number of aryl methyl sites for hydroxylation is 1. The molecule has 3 aromatic carbocycles. The minimum Gasteiger partial charge on any atom is -0.497 e. The van der Waals surface area contributed by atoms with Gasteiger partial charge in [0.2, 0.25) is 0 Å². The fourth-order valence-electron chi connectivity index (χ4n) is 4.24. The number of carbonyl (C=O) groups excluding carboxylic acids is 1. The predicted octanol–water partition coefficient (Wildman–Crippen LogP) is 5.54. The van der Waals surface area contributed by atoms with Gasteiger partial charge in [-0.1, -0.05) is 48.5 Å². The first-order valence-electron chi connectivity index (χ1n) is 9.33. The van der Waals surface area contributed by atoms with Gasteiger partial charge < -0.3 is 4.74 Å². The Morgan fingerprint density at radius 2 is 1.54 bits per heavy atom. The van der Waals surface area contributed by atoms with E-state index in [-0.39, 0.29) is 12.1 Å². The molecule has 4 heteroatoms. The van der Waals surface area contributed by atoms with Crippen LogP contribution in [0.1, 0.15) is 22.9 Å². The topological polar surface area (TPSA) is 34.5 Å². The molecule has 1 aliphatic heterocycles. The van der Waals surface area contributed by atoms with Crippen LogP contribution >= 0.6 is 0 Å². The van der Waals surface area contributed by atoms with E-state index in [0.717, 1.165) is 39.2 Å². The van der Waals surface area contributed by atoms with Gasteiger partial charge in [-0.2, -0.15) is 0 Å². The molecule has 0 spiro atoms. The highest BCUT2D eigenvalue weighted by Crippen LogP contribution is 2.44. The third-order valence-electron chi connectivity index (χ3n) is 5.55. The lowest BCUT2D eigenvalue weighted by atomic mass is 9.99. The van der Waals surface area contributed by atoms with Crippen molar-refractivity contribution >= 4 is 22.6 Å². The first-order chi connectivity index (χ1) is 13.7. The van der Waals surface area contributed by atoms with Crippen LogP contribution in [0.2, 0.25) is 0 Å². The van der Waals surface area contributed by atoms with Crippen LogP contribution in [0.15, 0.2) is 78.9 Å². The van der Waals surface area contributed by atoms with E-state index >= 15 is 0 Å². The molecule has 138 valence electrons. The van der Waals surface area contributed by atoms with Gasteiger partial charge >= 0.3 is 6.03 Å². The molecule has 0 saturated carbocycles. The van der Waals surface area contributed by atoms with E-state index in [1.165, 1.54) is 0 Å². The van der Waals surface area contributed by atoms with Crippen molar-refractivity contribution in [1.29, 1.82) is 0 Å². The number of methoxy groups -OCH3 is 1. The van der Waals surface area contributed by atoms with Gasteiger partial charge in [0.1, 0.15) is 11.8 Å². The van der Waals surface area contributed by atoms with Crippen molar-refractivity contribution in [2.75, 3.05) is 12.0 Å². The second-order valence-electron chi connectivity index (χ2n) is 7.03. The summed E-state index contributed by atoms with van der Waals surface area (Å²) in [5.41, 5.74) is 5.09. The lowest BCUT2D eigenvalue weighted by Gasteiger charge is -2.25. The zero-order valence-electron chi connectivity index (χ0n) is 15.8. The summed E-state index contributed by atoms with van der Waals surface area (Å²) in [5.74, 6) is 0.771. The first-order valence-corrected chi connectivity index (χ1v) is 9.33. The SMILES string of the molecule is COc1ccc(N2C(=O)n3c(c(C)c4ccccc43)C2c2ccccc2)cc1. The van der Waals surface area contributed by atoms with Crippen LogP contribution < -0.4 is 9.64 Å². The average molecular weight is 368 g/mol. The van der Waals surface area contributed by atoms with E-state index < -0.39 is 0 Å².